The van der Waals surface area contributed by atoms with Gasteiger partial charge in [0, 0.05) is 19.6 Å². The van der Waals surface area contributed by atoms with Crippen LogP contribution < -0.4 is 5.73 Å². The molecule has 0 spiro atoms. The van der Waals surface area contributed by atoms with Crippen LogP contribution in [-0.2, 0) is 17.8 Å². The lowest BCUT2D eigenvalue weighted by atomic mass is 10.1. The summed E-state index contributed by atoms with van der Waals surface area (Å²) in [5.41, 5.74) is 7.32. The van der Waals surface area contributed by atoms with Gasteiger partial charge in [-0.05, 0) is 5.56 Å². The molecule has 3 rings (SSSR count). The number of hydrogen-bond donors (Lipinski definition) is 1. The second-order valence-electron chi connectivity index (χ2n) is 4.46. The van der Waals surface area contributed by atoms with Gasteiger partial charge in [-0.3, -0.25) is 0 Å². The van der Waals surface area contributed by atoms with Crippen LogP contribution in [0.3, 0.4) is 0 Å². The van der Waals surface area contributed by atoms with Crippen LogP contribution in [0.15, 0.2) is 30.3 Å². The highest BCUT2D eigenvalue weighted by Gasteiger charge is 2.14. The summed E-state index contributed by atoms with van der Waals surface area (Å²) in [4.78, 5) is 0.771. The molecule has 104 valence electrons. The summed E-state index contributed by atoms with van der Waals surface area (Å²) >= 11 is 1.51. The van der Waals surface area contributed by atoms with Crippen molar-refractivity contribution in [3.05, 3.63) is 46.7 Å². The van der Waals surface area contributed by atoms with Crippen molar-refractivity contribution in [3.63, 3.8) is 0 Å². The first kappa shape index (κ1) is 13.2. The molecule has 1 unspecified atom stereocenters. The van der Waals surface area contributed by atoms with Crippen LogP contribution in [0.25, 0.3) is 4.96 Å². The van der Waals surface area contributed by atoms with Gasteiger partial charge in [0.1, 0.15) is 11.6 Å². The van der Waals surface area contributed by atoms with E-state index in [1.54, 1.807) is 11.6 Å². The molecule has 0 amide bonds. The molecule has 2 heterocycles. The van der Waals surface area contributed by atoms with Crippen molar-refractivity contribution >= 4 is 16.3 Å². The second kappa shape index (κ2) is 5.66. The van der Waals surface area contributed by atoms with E-state index in [9.17, 15) is 0 Å². The van der Waals surface area contributed by atoms with Crippen molar-refractivity contribution in [3.8, 4) is 0 Å². The van der Waals surface area contributed by atoms with Crippen LogP contribution in [0.4, 0.5) is 0 Å². The third-order valence-electron chi connectivity index (χ3n) is 2.99. The topological polar surface area (TPSA) is 78.3 Å². The van der Waals surface area contributed by atoms with E-state index in [0.29, 0.717) is 18.9 Å². The lowest BCUT2D eigenvalue weighted by molar-refractivity contribution is 0.176. The van der Waals surface area contributed by atoms with Gasteiger partial charge >= 0.3 is 0 Å². The zero-order chi connectivity index (χ0) is 13.9. The molecule has 2 N–H and O–H groups in total. The molecule has 1 atom stereocenters. The van der Waals surface area contributed by atoms with E-state index >= 15 is 0 Å². The fraction of sp³-hybridized carbons (Fsp3) is 0.308. The fourth-order valence-electron chi connectivity index (χ4n) is 2.00. The summed E-state index contributed by atoms with van der Waals surface area (Å²) < 4.78 is 6.79. The Hall–Kier alpha value is -1.83. The number of ether oxygens (including phenoxy) is 1. The summed E-state index contributed by atoms with van der Waals surface area (Å²) in [6.45, 7) is 0.398. The van der Waals surface area contributed by atoms with Gasteiger partial charge in [0.25, 0.3) is 0 Å². The van der Waals surface area contributed by atoms with E-state index in [4.69, 9.17) is 10.5 Å². The Morgan fingerprint density at radius 1 is 1.30 bits per heavy atom. The lowest BCUT2D eigenvalue weighted by Gasteiger charge is -2.09. The number of rotatable bonds is 5. The molecule has 0 aliphatic heterocycles. The first-order valence-corrected chi connectivity index (χ1v) is 7.09. The molecule has 3 aromatic rings. The van der Waals surface area contributed by atoms with Crippen LogP contribution in [0.2, 0.25) is 0 Å². The third-order valence-corrected chi connectivity index (χ3v) is 3.91. The Kier molecular flexibility index (Phi) is 3.72. The highest BCUT2D eigenvalue weighted by molar-refractivity contribution is 7.16. The fourth-order valence-corrected chi connectivity index (χ4v) is 2.92. The molecular formula is C13H15N5OS. The number of fused-ring (bicyclic) bond motifs is 1. The molecule has 0 saturated carbocycles. The number of aromatic nitrogens is 4. The maximum absolute atomic E-state index is 6.21. The zero-order valence-corrected chi connectivity index (χ0v) is 11.9. The van der Waals surface area contributed by atoms with E-state index in [1.165, 1.54) is 11.3 Å². The number of hydrogen-bond acceptors (Lipinski definition) is 6. The van der Waals surface area contributed by atoms with Crippen LogP contribution in [-0.4, -0.2) is 26.9 Å². The first-order chi connectivity index (χ1) is 9.78. The molecule has 20 heavy (non-hydrogen) atoms. The molecule has 0 radical (unpaired) electrons. The lowest BCUT2D eigenvalue weighted by Crippen LogP contribution is -2.13. The van der Waals surface area contributed by atoms with Crippen molar-refractivity contribution in [2.24, 2.45) is 5.73 Å². The molecule has 1 aromatic carbocycles. The van der Waals surface area contributed by atoms with Gasteiger partial charge < -0.3 is 10.5 Å². The number of methoxy groups -OCH3 is 1. The summed E-state index contributed by atoms with van der Waals surface area (Å²) in [5, 5.41) is 13.6. The Labute approximate surface area is 120 Å². The normalized spacial score (nSPS) is 12.9. The predicted molar refractivity (Wildman–Crippen MR) is 76.4 cm³/mol. The minimum atomic E-state index is -0.0640. The van der Waals surface area contributed by atoms with E-state index in [-0.39, 0.29) is 6.04 Å². The smallest absolute Gasteiger partial charge is 0.234 e. The van der Waals surface area contributed by atoms with E-state index in [1.807, 2.05) is 30.3 Å². The minimum Gasteiger partial charge on any atom is -0.377 e. The SMILES string of the molecule is COCc1nnc2sc(CC(N)c3ccccc3)nn12. The molecular weight excluding hydrogens is 274 g/mol. The molecule has 6 nitrogen and oxygen atoms in total. The van der Waals surface area contributed by atoms with Crippen molar-refractivity contribution in [2.45, 2.75) is 19.1 Å². The average Bonchev–Trinajstić information content (AvgIpc) is 3.02. The van der Waals surface area contributed by atoms with E-state index in [0.717, 1.165) is 15.5 Å². The maximum Gasteiger partial charge on any atom is 0.234 e. The zero-order valence-electron chi connectivity index (χ0n) is 11.1. The first-order valence-electron chi connectivity index (χ1n) is 6.27. The van der Waals surface area contributed by atoms with Gasteiger partial charge in [-0.1, -0.05) is 41.7 Å². The summed E-state index contributed by atoms with van der Waals surface area (Å²) in [6.07, 6.45) is 0.685. The molecule has 2 aromatic heterocycles. The second-order valence-corrected chi connectivity index (χ2v) is 5.50. The van der Waals surface area contributed by atoms with Crippen molar-refractivity contribution < 1.29 is 4.74 Å². The number of nitrogens with two attached hydrogens (primary N) is 1. The van der Waals surface area contributed by atoms with Crippen LogP contribution in [0.5, 0.6) is 0 Å². The Balaban J connectivity index is 1.81. The summed E-state index contributed by atoms with van der Waals surface area (Å²) in [7, 11) is 1.62. The van der Waals surface area contributed by atoms with Crippen molar-refractivity contribution in [2.75, 3.05) is 7.11 Å². The molecule has 0 aliphatic rings. The third kappa shape index (κ3) is 2.55. The quantitative estimate of drug-likeness (QED) is 0.771. The summed E-state index contributed by atoms with van der Waals surface area (Å²) in [5.74, 6) is 0.707. The molecule has 0 saturated heterocycles. The Morgan fingerprint density at radius 2 is 2.10 bits per heavy atom. The van der Waals surface area contributed by atoms with E-state index < -0.39 is 0 Å². The number of benzene rings is 1. The highest BCUT2D eigenvalue weighted by atomic mass is 32.1. The van der Waals surface area contributed by atoms with Gasteiger partial charge in [0.2, 0.25) is 4.96 Å². The predicted octanol–water partition coefficient (Wildman–Crippen LogP) is 1.57. The largest absolute Gasteiger partial charge is 0.377 e. The van der Waals surface area contributed by atoms with Gasteiger partial charge in [-0.25, -0.2) is 0 Å². The van der Waals surface area contributed by atoms with Crippen LogP contribution in [0, 0.1) is 0 Å². The minimum absolute atomic E-state index is 0.0640. The Morgan fingerprint density at radius 3 is 2.85 bits per heavy atom. The molecule has 0 aliphatic carbocycles. The van der Waals surface area contributed by atoms with Gasteiger partial charge in [0.05, 0.1) is 0 Å². The van der Waals surface area contributed by atoms with Crippen LogP contribution >= 0.6 is 11.3 Å². The van der Waals surface area contributed by atoms with Crippen LogP contribution in [0.1, 0.15) is 22.4 Å². The maximum atomic E-state index is 6.21. The molecule has 0 bridgehead atoms. The molecule has 0 fully saturated rings. The van der Waals surface area contributed by atoms with Gasteiger partial charge in [-0.2, -0.15) is 9.61 Å². The standard InChI is InChI=1S/C13H15N5OS/c1-19-8-11-15-16-13-18(11)17-12(20-13)7-10(14)9-5-3-2-4-6-9/h2-6,10H,7-8,14H2,1H3. The Bertz CT molecular complexity index is 693. The van der Waals surface area contributed by atoms with Crippen molar-refractivity contribution in [1.82, 2.24) is 19.8 Å². The highest BCUT2D eigenvalue weighted by Crippen LogP contribution is 2.20. The summed E-state index contributed by atoms with van der Waals surface area (Å²) in [6, 6.07) is 9.96. The number of nitrogens with zero attached hydrogens (tertiary/aromatic N) is 4. The van der Waals surface area contributed by atoms with E-state index in [2.05, 4.69) is 15.3 Å². The average molecular weight is 289 g/mol. The van der Waals surface area contributed by atoms with Gasteiger partial charge in [-0.15, -0.1) is 10.2 Å². The monoisotopic (exact) mass is 289 g/mol. The van der Waals surface area contributed by atoms with Crippen molar-refractivity contribution in [1.29, 1.82) is 0 Å². The van der Waals surface area contributed by atoms with Gasteiger partial charge in [0.15, 0.2) is 5.82 Å². The molecule has 7 heteroatoms.